The molecule has 1 heterocycles. The van der Waals surface area contributed by atoms with E-state index in [2.05, 4.69) is 5.32 Å². The van der Waals surface area contributed by atoms with Gasteiger partial charge < -0.3 is 5.32 Å². The Labute approximate surface area is 65.0 Å². The van der Waals surface area contributed by atoms with Crippen molar-refractivity contribution in [1.82, 2.24) is 5.32 Å². The Morgan fingerprint density at radius 2 is 1.78 bits per heavy atom. The monoisotopic (exact) mass is 165 g/mol. The van der Waals surface area contributed by atoms with E-state index in [-0.39, 0.29) is 0 Å². The lowest BCUT2D eigenvalue weighted by Crippen LogP contribution is -2.23. The van der Waals surface area contributed by atoms with Gasteiger partial charge in [0.2, 0.25) is 0 Å². The van der Waals surface area contributed by atoms with Crippen molar-refractivity contribution in [3.05, 3.63) is 10.1 Å². The molecule has 0 radical (unpaired) electrons. The van der Waals surface area contributed by atoms with Gasteiger partial charge in [-0.3, -0.25) is 0 Å². The van der Waals surface area contributed by atoms with Crippen LogP contribution in [0.15, 0.2) is 10.1 Å². The number of hydrogen-bond donors (Lipinski definition) is 1. The number of nitrogens with one attached hydrogen (secondary N) is 1. The predicted molar refractivity (Wildman–Crippen MR) is 40.8 cm³/mol. The Morgan fingerprint density at radius 3 is 2.11 bits per heavy atom. The molecule has 0 spiro atoms. The van der Waals surface area contributed by atoms with Gasteiger partial charge in [-0.2, -0.15) is 0 Å². The first-order chi connectivity index (χ1) is 4.30. The third kappa shape index (κ3) is 2.17. The second-order valence-corrected chi connectivity index (χ2v) is 3.06. The van der Waals surface area contributed by atoms with Crippen LogP contribution in [0.25, 0.3) is 0 Å². The van der Waals surface area contributed by atoms with Gasteiger partial charge in [0.15, 0.2) is 0 Å². The van der Waals surface area contributed by atoms with Crippen molar-refractivity contribution in [2.24, 2.45) is 0 Å². The van der Waals surface area contributed by atoms with Gasteiger partial charge >= 0.3 is 0 Å². The van der Waals surface area contributed by atoms with Crippen LogP contribution in [0.2, 0.25) is 0 Å². The average Bonchev–Trinajstić information content (AvgIpc) is 1.90. The molecule has 0 atom stereocenters. The van der Waals surface area contributed by atoms with Crippen LogP contribution in [-0.2, 0) is 0 Å². The van der Waals surface area contributed by atoms with Gasteiger partial charge in [0.05, 0.1) is 0 Å². The third-order valence-corrected chi connectivity index (χ3v) is 2.01. The summed E-state index contributed by atoms with van der Waals surface area (Å²) in [5.74, 6) is 0. The lowest BCUT2D eigenvalue weighted by Gasteiger charge is -2.14. The van der Waals surface area contributed by atoms with E-state index < -0.39 is 0 Å². The first-order valence-electron chi connectivity index (χ1n) is 3.04. The highest BCUT2D eigenvalue weighted by Crippen LogP contribution is 2.21. The summed E-state index contributed by atoms with van der Waals surface area (Å²) >= 11 is 11.1. The zero-order valence-electron chi connectivity index (χ0n) is 5.08. The van der Waals surface area contributed by atoms with Crippen LogP contribution >= 0.6 is 23.2 Å². The average molecular weight is 166 g/mol. The smallest absolute Gasteiger partial charge is 0.106 e. The summed E-state index contributed by atoms with van der Waals surface area (Å²) in [7, 11) is 0. The molecule has 1 nitrogen and oxygen atoms in total. The van der Waals surface area contributed by atoms with Crippen LogP contribution in [-0.4, -0.2) is 13.1 Å². The van der Waals surface area contributed by atoms with Crippen LogP contribution in [0.1, 0.15) is 12.8 Å². The summed E-state index contributed by atoms with van der Waals surface area (Å²) in [6.45, 7) is 2.02. The predicted octanol–water partition coefficient (Wildman–Crippen LogP) is 2.06. The molecule has 1 rings (SSSR count). The van der Waals surface area contributed by atoms with Crippen LogP contribution in [0, 0.1) is 0 Å². The minimum absolute atomic E-state index is 0.469. The molecule has 0 bridgehead atoms. The lowest BCUT2D eigenvalue weighted by atomic mass is 10.1. The molecule has 0 aliphatic carbocycles. The minimum atomic E-state index is 0.469. The molecule has 52 valence electrons. The normalized spacial score (nSPS) is 20.0. The Balaban J connectivity index is 2.49. The maximum Gasteiger partial charge on any atom is 0.106 e. The maximum atomic E-state index is 5.57. The molecule has 0 amide bonds. The van der Waals surface area contributed by atoms with E-state index in [1.807, 2.05) is 0 Å². The molecule has 3 heteroatoms. The summed E-state index contributed by atoms with van der Waals surface area (Å²) in [4.78, 5) is 0. The van der Waals surface area contributed by atoms with Crippen molar-refractivity contribution in [2.45, 2.75) is 12.8 Å². The van der Waals surface area contributed by atoms with Crippen molar-refractivity contribution < 1.29 is 0 Å². The lowest BCUT2D eigenvalue weighted by molar-refractivity contribution is 0.610. The number of hydrogen-bond acceptors (Lipinski definition) is 1. The van der Waals surface area contributed by atoms with Gasteiger partial charge in [-0.1, -0.05) is 23.2 Å². The molecule has 1 aliphatic heterocycles. The Morgan fingerprint density at radius 1 is 1.22 bits per heavy atom. The van der Waals surface area contributed by atoms with E-state index in [9.17, 15) is 0 Å². The maximum absolute atomic E-state index is 5.57. The number of piperidine rings is 1. The van der Waals surface area contributed by atoms with E-state index in [0.29, 0.717) is 4.49 Å². The highest BCUT2D eigenvalue weighted by Gasteiger charge is 2.06. The van der Waals surface area contributed by atoms with Crippen molar-refractivity contribution in [1.29, 1.82) is 0 Å². The van der Waals surface area contributed by atoms with Gasteiger partial charge in [0.1, 0.15) is 4.49 Å². The van der Waals surface area contributed by atoms with E-state index >= 15 is 0 Å². The zero-order valence-corrected chi connectivity index (χ0v) is 6.60. The second kappa shape index (κ2) is 3.45. The quantitative estimate of drug-likeness (QED) is 0.580. The third-order valence-electron chi connectivity index (χ3n) is 1.47. The minimum Gasteiger partial charge on any atom is -0.316 e. The van der Waals surface area contributed by atoms with Crippen molar-refractivity contribution >= 4 is 23.2 Å². The molecule has 1 N–H and O–H groups in total. The summed E-state index contributed by atoms with van der Waals surface area (Å²) < 4.78 is 0.469. The molecule has 0 aromatic carbocycles. The molecule has 9 heavy (non-hydrogen) atoms. The highest BCUT2D eigenvalue weighted by atomic mass is 35.5. The van der Waals surface area contributed by atoms with Crippen LogP contribution < -0.4 is 5.32 Å². The van der Waals surface area contributed by atoms with Crippen LogP contribution in [0.3, 0.4) is 0 Å². The van der Waals surface area contributed by atoms with Crippen molar-refractivity contribution in [2.75, 3.05) is 13.1 Å². The number of rotatable bonds is 0. The fourth-order valence-electron chi connectivity index (χ4n) is 0.918. The van der Waals surface area contributed by atoms with Crippen molar-refractivity contribution in [3.8, 4) is 0 Å². The highest BCUT2D eigenvalue weighted by molar-refractivity contribution is 6.56. The standard InChI is InChI=1S/C6H9Cl2N/c7-6(8)5-1-3-9-4-2-5/h9H,1-4H2. The SMILES string of the molecule is ClC(Cl)=C1CCNCC1. The van der Waals surface area contributed by atoms with Gasteiger partial charge in [0, 0.05) is 0 Å². The molecule has 1 aliphatic rings. The van der Waals surface area contributed by atoms with Gasteiger partial charge in [0.25, 0.3) is 0 Å². The van der Waals surface area contributed by atoms with E-state index in [1.165, 1.54) is 5.57 Å². The fourth-order valence-corrected chi connectivity index (χ4v) is 1.30. The number of halogens is 2. The summed E-state index contributed by atoms with van der Waals surface area (Å²) in [6, 6.07) is 0. The summed E-state index contributed by atoms with van der Waals surface area (Å²) in [5, 5.41) is 3.22. The fraction of sp³-hybridized carbons (Fsp3) is 0.667. The van der Waals surface area contributed by atoms with Gasteiger partial charge in [-0.05, 0) is 31.5 Å². The Kier molecular flexibility index (Phi) is 2.83. The van der Waals surface area contributed by atoms with Crippen LogP contribution in [0.5, 0.6) is 0 Å². The molecule has 0 unspecified atom stereocenters. The molecule has 0 aromatic heterocycles. The Bertz CT molecular complexity index is 119. The van der Waals surface area contributed by atoms with E-state index in [0.717, 1.165) is 25.9 Å². The first-order valence-corrected chi connectivity index (χ1v) is 3.80. The molecule has 0 aromatic rings. The topological polar surface area (TPSA) is 12.0 Å². The largest absolute Gasteiger partial charge is 0.316 e. The molecular weight excluding hydrogens is 157 g/mol. The Hall–Kier alpha value is 0.280. The molecule has 1 saturated heterocycles. The summed E-state index contributed by atoms with van der Waals surface area (Å²) in [5.41, 5.74) is 1.19. The first kappa shape index (κ1) is 7.39. The van der Waals surface area contributed by atoms with E-state index in [1.54, 1.807) is 0 Å². The zero-order chi connectivity index (χ0) is 6.69. The van der Waals surface area contributed by atoms with Gasteiger partial charge in [-0.25, -0.2) is 0 Å². The second-order valence-electron chi connectivity index (χ2n) is 2.11. The van der Waals surface area contributed by atoms with Crippen molar-refractivity contribution in [3.63, 3.8) is 0 Å². The summed E-state index contributed by atoms with van der Waals surface area (Å²) in [6.07, 6.45) is 2.00. The van der Waals surface area contributed by atoms with E-state index in [4.69, 9.17) is 23.2 Å². The molecule has 0 saturated carbocycles. The molecule has 1 fully saturated rings. The van der Waals surface area contributed by atoms with Gasteiger partial charge in [-0.15, -0.1) is 0 Å². The van der Waals surface area contributed by atoms with Crippen LogP contribution in [0.4, 0.5) is 0 Å². The molecular formula is C6H9Cl2N.